The fourth-order valence-electron chi connectivity index (χ4n) is 2.80. The highest BCUT2D eigenvalue weighted by atomic mass is 35.5. The smallest absolute Gasteiger partial charge is 0.304 e. The first-order chi connectivity index (χ1) is 12.5. The fraction of sp³-hybridized carbons (Fsp3) is 0.316. The van der Waals surface area contributed by atoms with Crippen LogP contribution in [0.1, 0.15) is 18.1 Å². The van der Waals surface area contributed by atoms with E-state index in [0.29, 0.717) is 29.7 Å². The minimum Gasteiger partial charge on any atom is -0.481 e. The zero-order valence-corrected chi connectivity index (χ0v) is 16.4. The van der Waals surface area contributed by atoms with Crippen molar-refractivity contribution in [2.75, 3.05) is 26.2 Å². The summed E-state index contributed by atoms with van der Waals surface area (Å²) in [7, 11) is 0. The zero-order valence-electron chi connectivity index (χ0n) is 14.0. The molecule has 1 aliphatic rings. The molecular weight excluding hydrogens is 393 g/mol. The maximum atomic E-state index is 10.7. The van der Waals surface area contributed by atoms with Crippen LogP contribution in [0.5, 0.6) is 0 Å². The zero-order chi connectivity index (χ0) is 18.5. The Morgan fingerprint density at radius 1 is 1.23 bits per heavy atom. The number of aliphatic carboxylic acids is 1. The first kappa shape index (κ1) is 19.5. The largest absolute Gasteiger partial charge is 0.481 e. The molecule has 1 unspecified atom stereocenters. The molecule has 1 N–H and O–H groups in total. The molecular formula is C19H19Cl2NO3S. The molecule has 1 saturated heterocycles. The van der Waals surface area contributed by atoms with Gasteiger partial charge in [-0.25, -0.2) is 0 Å². The van der Waals surface area contributed by atoms with E-state index in [-0.39, 0.29) is 12.5 Å². The number of hydrogen-bond acceptors (Lipinski definition) is 4. The average Bonchev–Trinajstić information content (AvgIpc) is 2.65. The van der Waals surface area contributed by atoms with Crippen LogP contribution in [-0.4, -0.2) is 42.2 Å². The molecule has 0 bridgehead atoms. The summed E-state index contributed by atoms with van der Waals surface area (Å²) in [4.78, 5) is 14.9. The SMILES string of the molecule is O=C(O)CCN1CCOC(c2ccc(Sc3cccc(Cl)c3Cl)cc2)C1. The lowest BCUT2D eigenvalue weighted by molar-refractivity contribution is -0.137. The van der Waals surface area contributed by atoms with E-state index in [2.05, 4.69) is 4.90 Å². The van der Waals surface area contributed by atoms with Crippen molar-refractivity contribution >= 4 is 40.9 Å². The summed E-state index contributed by atoms with van der Waals surface area (Å²) in [6, 6.07) is 13.8. The van der Waals surface area contributed by atoms with E-state index < -0.39 is 5.97 Å². The molecule has 1 heterocycles. The van der Waals surface area contributed by atoms with E-state index in [1.54, 1.807) is 17.8 Å². The van der Waals surface area contributed by atoms with E-state index in [1.165, 1.54) is 0 Å². The second-order valence-electron chi connectivity index (χ2n) is 6.03. The number of rotatable bonds is 6. The highest BCUT2D eigenvalue weighted by molar-refractivity contribution is 7.99. The van der Waals surface area contributed by atoms with Crippen LogP contribution in [0.25, 0.3) is 0 Å². The molecule has 0 amide bonds. The predicted molar refractivity (Wildman–Crippen MR) is 104 cm³/mol. The second-order valence-corrected chi connectivity index (χ2v) is 7.93. The molecule has 1 aliphatic heterocycles. The molecule has 0 aromatic heterocycles. The fourth-order valence-corrected chi connectivity index (χ4v) is 4.15. The molecule has 0 spiro atoms. The lowest BCUT2D eigenvalue weighted by Crippen LogP contribution is -2.39. The molecule has 138 valence electrons. The number of nitrogens with zero attached hydrogens (tertiary/aromatic N) is 1. The number of ether oxygens (including phenoxy) is 1. The summed E-state index contributed by atoms with van der Waals surface area (Å²) in [5.74, 6) is -0.769. The van der Waals surface area contributed by atoms with Crippen LogP contribution in [0, 0.1) is 0 Å². The van der Waals surface area contributed by atoms with Crippen molar-refractivity contribution in [1.29, 1.82) is 0 Å². The highest BCUT2D eigenvalue weighted by Crippen LogP contribution is 2.37. The van der Waals surface area contributed by atoms with Crippen molar-refractivity contribution in [3.8, 4) is 0 Å². The highest BCUT2D eigenvalue weighted by Gasteiger charge is 2.22. The van der Waals surface area contributed by atoms with Gasteiger partial charge in [0, 0.05) is 29.4 Å². The molecule has 1 atom stereocenters. The number of carboxylic acids is 1. The second kappa shape index (κ2) is 9.11. The van der Waals surface area contributed by atoms with Crippen LogP contribution in [0.15, 0.2) is 52.3 Å². The van der Waals surface area contributed by atoms with Gasteiger partial charge in [-0.15, -0.1) is 0 Å². The van der Waals surface area contributed by atoms with Gasteiger partial charge in [0.05, 0.1) is 29.2 Å². The number of carboxylic acid groups (broad SMARTS) is 1. The predicted octanol–water partition coefficient (Wildman–Crippen LogP) is 4.99. The summed E-state index contributed by atoms with van der Waals surface area (Å²) in [6.45, 7) is 2.64. The molecule has 2 aromatic carbocycles. The van der Waals surface area contributed by atoms with Crippen LogP contribution in [0.2, 0.25) is 10.0 Å². The van der Waals surface area contributed by atoms with E-state index in [1.807, 2.05) is 36.4 Å². The number of morpholine rings is 1. The van der Waals surface area contributed by atoms with Gasteiger partial charge < -0.3 is 9.84 Å². The van der Waals surface area contributed by atoms with Gasteiger partial charge in [0.2, 0.25) is 0 Å². The number of carbonyl (C=O) groups is 1. The minimum atomic E-state index is -0.769. The van der Waals surface area contributed by atoms with E-state index >= 15 is 0 Å². The summed E-state index contributed by atoms with van der Waals surface area (Å²) < 4.78 is 5.86. The molecule has 4 nitrogen and oxygen atoms in total. The van der Waals surface area contributed by atoms with Gasteiger partial charge in [0.15, 0.2) is 0 Å². The Bertz CT molecular complexity index is 770. The molecule has 26 heavy (non-hydrogen) atoms. The first-order valence-electron chi connectivity index (χ1n) is 8.30. The third kappa shape index (κ3) is 5.15. The average molecular weight is 412 g/mol. The summed E-state index contributed by atoms with van der Waals surface area (Å²) in [5.41, 5.74) is 1.09. The molecule has 3 rings (SSSR count). The summed E-state index contributed by atoms with van der Waals surface area (Å²) in [6.07, 6.45) is 0.120. The summed E-state index contributed by atoms with van der Waals surface area (Å²) in [5, 5.41) is 9.95. The van der Waals surface area contributed by atoms with Crippen molar-refractivity contribution in [2.24, 2.45) is 0 Å². The molecule has 0 saturated carbocycles. The van der Waals surface area contributed by atoms with Crippen molar-refractivity contribution in [2.45, 2.75) is 22.3 Å². The van der Waals surface area contributed by atoms with Gasteiger partial charge >= 0.3 is 5.97 Å². The normalized spacial score (nSPS) is 18.0. The van der Waals surface area contributed by atoms with Crippen LogP contribution < -0.4 is 0 Å². The quantitative estimate of drug-likeness (QED) is 0.724. The van der Waals surface area contributed by atoms with Gasteiger partial charge in [-0.1, -0.05) is 53.2 Å². The Labute approximate surface area is 167 Å². The molecule has 2 aromatic rings. The van der Waals surface area contributed by atoms with Crippen molar-refractivity contribution < 1.29 is 14.6 Å². The van der Waals surface area contributed by atoms with Gasteiger partial charge in [-0.3, -0.25) is 9.69 Å². The number of benzene rings is 2. The molecule has 0 radical (unpaired) electrons. The van der Waals surface area contributed by atoms with Gasteiger partial charge in [0.1, 0.15) is 0 Å². The standard InChI is InChI=1S/C19H19Cl2NO3S/c20-15-2-1-3-17(19(15)21)26-14-6-4-13(5-7-14)16-12-22(10-11-25-16)9-8-18(23)24/h1-7,16H,8-12H2,(H,23,24). The van der Waals surface area contributed by atoms with E-state index in [0.717, 1.165) is 21.9 Å². The van der Waals surface area contributed by atoms with Crippen molar-refractivity contribution in [1.82, 2.24) is 4.90 Å². The lowest BCUT2D eigenvalue weighted by Gasteiger charge is -2.32. The van der Waals surface area contributed by atoms with Crippen LogP contribution in [-0.2, 0) is 9.53 Å². The maximum Gasteiger partial charge on any atom is 0.304 e. The maximum absolute atomic E-state index is 10.7. The van der Waals surface area contributed by atoms with E-state index in [9.17, 15) is 4.79 Å². The van der Waals surface area contributed by atoms with Gasteiger partial charge in [-0.2, -0.15) is 0 Å². The molecule has 1 fully saturated rings. The Morgan fingerprint density at radius 3 is 2.73 bits per heavy atom. The first-order valence-corrected chi connectivity index (χ1v) is 9.88. The molecule has 7 heteroatoms. The van der Waals surface area contributed by atoms with Crippen LogP contribution in [0.4, 0.5) is 0 Å². The number of halogens is 2. The lowest BCUT2D eigenvalue weighted by atomic mass is 10.1. The Morgan fingerprint density at radius 2 is 2.00 bits per heavy atom. The Kier molecular flexibility index (Phi) is 6.84. The van der Waals surface area contributed by atoms with Crippen LogP contribution in [0.3, 0.4) is 0 Å². The van der Waals surface area contributed by atoms with Gasteiger partial charge in [0.25, 0.3) is 0 Å². The third-order valence-electron chi connectivity index (χ3n) is 4.19. The monoisotopic (exact) mass is 411 g/mol. The number of hydrogen-bond donors (Lipinski definition) is 1. The summed E-state index contributed by atoms with van der Waals surface area (Å²) >= 11 is 13.9. The topological polar surface area (TPSA) is 49.8 Å². The Balaban J connectivity index is 1.63. The van der Waals surface area contributed by atoms with Crippen molar-refractivity contribution in [3.05, 3.63) is 58.1 Å². The van der Waals surface area contributed by atoms with Crippen molar-refractivity contribution in [3.63, 3.8) is 0 Å². The molecule has 0 aliphatic carbocycles. The minimum absolute atomic E-state index is 0.0358. The van der Waals surface area contributed by atoms with E-state index in [4.69, 9.17) is 33.0 Å². The van der Waals surface area contributed by atoms with Crippen LogP contribution >= 0.6 is 35.0 Å². The van der Waals surface area contributed by atoms with Gasteiger partial charge in [-0.05, 0) is 29.8 Å². The third-order valence-corrected chi connectivity index (χ3v) is 6.19. The Hall–Kier alpha value is -1.24.